The number of hydrogen-bond acceptors (Lipinski definition) is 3. The maximum Gasteiger partial charge on any atom is 0.261 e. The molecule has 0 aromatic heterocycles. The number of benzene rings is 3. The first-order chi connectivity index (χ1) is 14.9. The topological polar surface area (TPSA) is 75.3 Å². The molecule has 1 amide bonds. The van der Waals surface area contributed by atoms with Crippen LogP contribution in [0, 0.1) is 0 Å². The Kier molecular flexibility index (Phi) is 7.71. The highest BCUT2D eigenvalue weighted by Crippen LogP contribution is 2.21. The van der Waals surface area contributed by atoms with Crippen molar-refractivity contribution in [1.82, 2.24) is 5.32 Å². The van der Waals surface area contributed by atoms with E-state index in [0.717, 1.165) is 30.4 Å². The van der Waals surface area contributed by atoms with E-state index in [1.165, 1.54) is 0 Å². The van der Waals surface area contributed by atoms with Gasteiger partial charge in [0, 0.05) is 11.6 Å². The number of nitrogens with one attached hydrogen (secondary N) is 2. The number of unbranched alkanes of at least 4 members (excludes halogenated alkanes) is 1. The van der Waals surface area contributed by atoms with E-state index >= 15 is 0 Å². The van der Waals surface area contributed by atoms with Crippen LogP contribution < -0.4 is 10.0 Å². The third-order valence-corrected chi connectivity index (χ3v) is 6.47. The molecule has 3 aromatic carbocycles. The van der Waals surface area contributed by atoms with Gasteiger partial charge in [0.2, 0.25) is 0 Å². The van der Waals surface area contributed by atoms with E-state index in [2.05, 4.69) is 17.0 Å². The first-order valence-electron chi connectivity index (χ1n) is 10.1. The van der Waals surface area contributed by atoms with Crippen LogP contribution in [0.1, 0.15) is 41.3 Å². The molecule has 0 aliphatic heterocycles. The second-order valence-corrected chi connectivity index (χ2v) is 9.33. The van der Waals surface area contributed by atoms with Gasteiger partial charge in [-0.25, -0.2) is 8.42 Å². The van der Waals surface area contributed by atoms with Gasteiger partial charge in [-0.3, -0.25) is 9.52 Å². The molecule has 0 radical (unpaired) electrons. The van der Waals surface area contributed by atoms with Gasteiger partial charge in [0.25, 0.3) is 15.9 Å². The molecule has 3 rings (SSSR count). The molecule has 0 saturated carbocycles. The summed E-state index contributed by atoms with van der Waals surface area (Å²) in [7, 11) is -3.82. The van der Waals surface area contributed by atoms with E-state index in [4.69, 9.17) is 11.6 Å². The second-order valence-electron chi connectivity index (χ2n) is 7.21. The van der Waals surface area contributed by atoms with Crippen molar-refractivity contribution in [3.8, 4) is 0 Å². The Hall–Kier alpha value is -2.83. The zero-order chi connectivity index (χ0) is 22.3. The molecular weight excluding hydrogens is 432 g/mol. The number of anilines is 1. The van der Waals surface area contributed by atoms with Gasteiger partial charge in [-0.05, 0) is 60.4 Å². The lowest BCUT2D eigenvalue weighted by Gasteiger charge is -2.13. The molecule has 162 valence electrons. The molecule has 0 bridgehead atoms. The summed E-state index contributed by atoms with van der Waals surface area (Å²) in [4.78, 5) is 12.9. The lowest BCUT2D eigenvalue weighted by molar-refractivity contribution is 0.0952. The Bertz CT molecular complexity index is 1130. The lowest BCUT2D eigenvalue weighted by atomic mass is 10.1. The molecular formula is C24H25ClN2O3S. The van der Waals surface area contributed by atoms with Crippen molar-refractivity contribution >= 4 is 33.2 Å². The third kappa shape index (κ3) is 6.32. The summed E-state index contributed by atoms with van der Waals surface area (Å²) in [5.41, 5.74) is 2.47. The molecule has 3 aromatic rings. The highest BCUT2D eigenvalue weighted by Gasteiger charge is 2.18. The minimum atomic E-state index is -3.82. The molecule has 31 heavy (non-hydrogen) atoms. The predicted molar refractivity (Wildman–Crippen MR) is 125 cm³/mol. The maximum atomic E-state index is 12.9. The normalized spacial score (nSPS) is 11.2. The van der Waals surface area contributed by atoms with E-state index in [1.807, 2.05) is 24.3 Å². The van der Waals surface area contributed by atoms with Gasteiger partial charge in [0.15, 0.2) is 0 Å². The highest BCUT2D eigenvalue weighted by atomic mass is 35.5. The molecule has 0 aliphatic carbocycles. The smallest absolute Gasteiger partial charge is 0.261 e. The summed E-state index contributed by atoms with van der Waals surface area (Å²) in [6.45, 7) is 2.42. The zero-order valence-corrected chi connectivity index (χ0v) is 18.8. The molecule has 7 heteroatoms. The number of halogens is 1. The molecule has 0 atom stereocenters. The first-order valence-corrected chi connectivity index (χ1v) is 12.0. The quantitative estimate of drug-likeness (QED) is 0.451. The van der Waals surface area contributed by atoms with Crippen molar-refractivity contribution in [1.29, 1.82) is 0 Å². The third-order valence-electron chi connectivity index (χ3n) is 4.83. The van der Waals surface area contributed by atoms with Crippen molar-refractivity contribution in [3.05, 3.63) is 94.5 Å². The minimum Gasteiger partial charge on any atom is -0.348 e. The van der Waals surface area contributed by atoms with Gasteiger partial charge in [0.05, 0.1) is 16.1 Å². The van der Waals surface area contributed by atoms with Crippen LogP contribution in [0.3, 0.4) is 0 Å². The van der Waals surface area contributed by atoms with Crippen LogP contribution in [0.5, 0.6) is 0 Å². The molecule has 0 spiro atoms. The monoisotopic (exact) mass is 456 g/mol. The summed E-state index contributed by atoms with van der Waals surface area (Å²) in [5, 5.41) is 3.43. The maximum absolute atomic E-state index is 12.9. The number of aryl methyl sites for hydroxylation is 1. The van der Waals surface area contributed by atoms with Crippen molar-refractivity contribution < 1.29 is 13.2 Å². The Balaban J connectivity index is 1.73. The van der Waals surface area contributed by atoms with Crippen LogP contribution in [-0.2, 0) is 23.0 Å². The summed E-state index contributed by atoms with van der Waals surface area (Å²) >= 11 is 5.88. The number of amides is 1. The number of hydrogen-bond donors (Lipinski definition) is 2. The number of rotatable bonds is 9. The van der Waals surface area contributed by atoms with Gasteiger partial charge in [-0.2, -0.15) is 0 Å². The summed E-state index contributed by atoms with van der Waals surface area (Å²) < 4.78 is 28.3. The van der Waals surface area contributed by atoms with Gasteiger partial charge in [-0.1, -0.05) is 61.3 Å². The number of carbonyl (C=O) groups excluding carboxylic acids is 1. The van der Waals surface area contributed by atoms with E-state index in [0.29, 0.717) is 11.6 Å². The summed E-state index contributed by atoms with van der Waals surface area (Å²) in [6.07, 6.45) is 3.06. The predicted octanol–water partition coefficient (Wildman–Crippen LogP) is 5.41. The first kappa shape index (κ1) is 22.8. The van der Waals surface area contributed by atoms with Crippen molar-refractivity contribution in [2.45, 2.75) is 37.6 Å². The van der Waals surface area contributed by atoms with Gasteiger partial charge in [0.1, 0.15) is 0 Å². The molecule has 0 heterocycles. The van der Waals surface area contributed by atoms with E-state index in [-0.39, 0.29) is 22.1 Å². The van der Waals surface area contributed by atoms with Crippen molar-refractivity contribution in [2.75, 3.05) is 4.72 Å². The van der Waals surface area contributed by atoms with Crippen LogP contribution in [0.2, 0.25) is 5.02 Å². The Labute approximate surface area is 188 Å². The average Bonchev–Trinajstić information content (AvgIpc) is 2.77. The Morgan fingerprint density at radius 2 is 1.55 bits per heavy atom. The molecule has 2 N–H and O–H groups in total. The van der Waals surface area contributed by atoms with E-state index < -0.39 is 10.0 Å². The Morgan fingerprint density at radius 3 is 2.23 bits per heavy atom. The van der Waals surface area contributed by atoms with E-state index in [1.54, 1.807) is 48.5 Å². The largest absolute Gasteiger partial charge is 0.348 e. The number of para-hydroxylation sites is 1. The second kappa shape index (κ2) is 10.5. The van der Waals surface area contributed by atoms with Crippen LogP contribution >= 0.6 is 11.6 Å². The fraction of sp³-hybridized carbons (Fsp3) is 0.208. The van der Waals surface area contributed by atoms with Crippen LogP contribution in [-0.4, -0.2) is 14.3 Å². The fourth-order valence-corrected chi connectivity index (χ4v) is 4.28. The van der Waals surface area contributed by atoms with Gasteiger partial charge < -0.3 is 5.32 Å². The SMILES string of the molecule is CCCCc1ccc(S(=O)(=O)Nc2ccccc2C(=O)NCc2ccc(Cl)cc2)cc1. The fourth-order valence-electron chi connectivity index (χ4n) is 3.07. The van der Waals surface area contributed by atoms with Crippen molar-refractivity contribution in [2.24, 2.45) is 0 Å². The molecule has 0 fully saturated rings. The lowest BCUT2D eigenvalue weighted by Crippen LogP contribution is -2.25. The zero-order valence-electron chi connectivity index (χ0n) is 17.3. The van der Waals surface area contributed by atoms with E-state index in [9.17, 15) is 13.2 Å². The summed E-state index contributed by atoms with van der Waals surface area (Å²) in [5.74, 6) is -0.372. The van der Waals surface area contributed by atoms with Crippen LogP contribution in [0.15, 0.2) is 77.7 Å². The minimum absolute atomic E-state index is 0.157. The van der Waals surface area contributed by atoms with Crippen LogP contribution in [0.25, 0.3) is 0 Å². The molecule has 5 nitrogen and oxygen atoms in total. The summed E-state index contributed by atoms with van der Waals surface area (Å²) in [6, 6.07) is 20.5. The van der Waals surface area contributed by atoms with Gasteiger partial charge in [-0.15, -0.1) is 0 Å². The molecule has 0 aliphatic rings. The standard InChI is InChI=1S/C24H25ClN2O3S/c1-2-3-6-18-11-15-21(16-12-18)31(29,30)27-23-8-5-4-7-22(23)24(28)26-17-19-9-13-20(25)14-10-19/h4-5,7-16,27H,2-3,6,17H2,1H3,(H,26,28). The number of carbonyl (C=O) groups is 1. The van der Waals surface area contributed by atoms with Crippen molar-refractivity contribution in [3.63, 3.8) is 0 Å². The molecule has 0 unspecified atom stereocenters. The highest BCUT2D eigenvalue weighted by molar-refractivity contribution is 7.92. The number of sulfonamides is 1. The van der Waals surface area contributed by atoms with Crippen LogP contribution in [0.4, 0.5) is 5.69 Å². The van der Waals surface area contributed by atoms with Gasteiger partial charge >= 0.3 is 0 Å². The average molecular weight is 457 g/mol. The molecule has 0 saturated heterocycles. The Morgan fingerprint density at radius 1 is 0.903 bits per heavy atom.